The smallest absolute Gasteiger partial charge is 0.292 e. The molecule has 20 heteroatoms. The molecular formula is C39H35ClF6N10O2S. The Morgan fingerprint density at radius 1 is 1.10 bits per heavy atom. The number of nitrogens with one attached hydrogen (secondary N) is 4. The van der Waals surface area contributed by atoms with E-state index >= 15 is 8.78 Å². The van der Waals surface area contributed by atoms with Gasteiger partial charge in [0.05, 0.1) is 44.6 Å². The van der Waals surface area contributed by atoms with Crippen LogP contribution in [0.15, 0.2) is 65.6 Å². The van der Waals surface area contributed by atoms with E-state index in [1.54, 1.807) is 48.4 Å². The van der Waals surface area contributed by atoms with E-state index in [-0.39, 0.29) is 62.1 Å². The number of halogens is 7. The first kappa shape index (κ1) is 41.3. The third kappa shape index (κ3) is 7.64. The molecule has 2 atom stereocenters. The minimum atomic E-state index is -3.59. The van der Waals surface area contributed by atoms with E-state index in [2.05, 4.69) is 25.6 Å². The molecule has 4 N–H and O–H groups in total. The number of nitrogens with zero attached hydrogens (tertiary/aromatic N) is 6. The van der Waals surface area contributed by atoms with Gasteiger partial charge in [-0.05, 0) is 54.4 Å². The number of carbonyl (C=O) groups is 1. The molecule has 0 saturated carbocycles. The molecule has 308 valence electrons. The van der Waals surface area contributed by atoms with Gasteiger partial charge in [-0.15, -0.1) is 0 Å². The predicted molar refractivity (Wildman–Crippen MR) is 212 cm³/mol. The Morgan fingerprint density at radius 2 is 1.83 bits per heavy atom. The van der Waals surface area contributed by atoms with Gasteiger partial charge in [-0.2, -0.15) is 19.0 Å². The van der Waals surface area contributed by atoms with Crippen molar-refractivity contribution >= 4 is 51.9 Å². The Labute approximate surface area is 341 Å². The number of alkyl halides is 4. The first-order valence-corrected chi connectivity index (χ1v) is 19.6. The van der Waals surface area contributed by atoms with Gasteiger partial charge >= 0.3 is 0 Å². The lowest BCUT2D eigenvalue weighted by Crippen LogP contribution is -2.38. The first-order chi connectivity index (χ1) is 28.0. The predicted octanol–water partition coefficient (Wildman–Crippen LogP) is 7.47. The summed E-state index contributed by atoms with van der Waals surface area (Å²) < 4.78 is 94.5. The minimum Gasteiger partial charge on any atom is -0.386 e. The Hall–Kier alpha value is -5.82. The van der Waals surface area contributed by atoms with E-state index in [1.165, 1.54) is 26.1 Å². The summed E-state index contributed by atoms with van der Waals surface area (Å²) in [6.07, 6.45) is -0.721. The lowest BCUT2D eigenvalue weighted by atomic mass is 10.0. The number of carbonyl (C=O) groups excluding carboxylic acids is 1. The molecule has 1 aliphatic rings. The topological polar surface area (TPSA) is 148 Å². The normalized spacial score (nSPS) is 15.1. The van der Waals surface area contributed by atoms with Crippen molar-refractivity contribution < 1.29 is 31.1 Å². The van der Waals surface area contributed by atoms with Gasteiger partial charge in [-0.1, -0.05) is 36.5 Å². The molecule has 59 heavy (non-hydrogen) atoms. The monoisotopic (exact) mass is 856 g/mol. The molecule has 3 heterocycles. The maximum Gasteiger partial charge on any atom is 0.292 e. The van der Waals surface area contributed by atoms with Crippen LogP contribution in [-0.2, 0) is 37.2 Å². The van der Waals surface area contributed by atoms with Gasteiger partial charge in [0.15, 0.2) is 0 Å². The van der Waals surface area contributed by atoms with Crippen LogP contribution in [0.25, 0.3) is 27.8 Å². The summed E-state index contributed by atoms with van der Waals surface area (Å²) in [6, 6.07) is 10.8. The van der Waals surface area contributed by atoms with Gasteiger partial charge in [-0.3, -0.25) is 28.9 Å². The van der Waals surface area contributed by atoms with E-state index in [0.717, 1.165) is 28.6 Å². The van der Waals surface area contributed by atoms with Crippen LogP contribution in [0, 0.1) is 23.0 Å². The largest absolute Gasteiger partial charge is 0.386 e. The number of hydrogen-bond acceptors (Lipinski definition) is 8. The van der Waals surface area contributed by atoms with Gasteiger partial charge < -0.3 is 15.4 Å². The number of aryl methyl sites for hydroxylation is 1. The summed E-state index contributed by atoms with van der Waals surface area (Å²) in [5.74, 6) is -8.16. The fraction of sp³-hybridized carbons (Fsp3) is 0.282. The molecule has 0 aliphatic heterocycles. The van der Waals surface area contributed by atoms with Crippen molar-refractivity contribution in [1.29, 1.82) is 5.41 Å². The number of rotatable bonds is 12. The van der Waals surface area contributed by atoms with Crippen molar-refractivity contribution in [2.45, 2.75) is 44.7 Å². The average Bonchev–Trinajstić information content (AvgIpc) is 3.83. The second-order valence-electron chi connectivity index (χ2n) is 13.9. The maximum atomic E-state index is 15.4. The highest BCUT2D eigenvalue weighted by atomic mass is 35.5. The van der Waals surface area contributed by atoms with Crippen LogP contribution in [0.3, 0.4) is 0 Å². The molecule has 6 aromatic rings. The standard InChI is InChI=1S/C39H35ClF6N10O2S/c1-18-11-24-32(35(43)44)52-55(34(24)39(18,45)46)17-30(57)50-27(14-19-12-21(41)16-22(42)13-19)37-51-26-15-20(28-9-10-49-54(28)3)5-6-23(26)38(58)56(37)29-8-7-25(40)31(33(29)48-2)36(47)53-59-4/h5-10,12-13,15-16,18,27,35,48H,11,14,17H2,1-4H3,(H2,47,53)(H,50,57). The minimum absolute atomic E-state index is 0.00856. The maximum absolute atomic E-state index is 15.4. The third-order valence-corrected chi connectivity index (χ3v) is 10.8. The quantitative estimate of drug-likeness (QED) is 0.0429. The summed E-state index contributed by atoms with van der Waals surface area (Å²) in [4.78, 5) is 33.9. The van der Waals surface area contributed by atoms with Crippen LogP contribution >= 0.6 is 23.5 Å². The lowest BCUT2D eigenvalue weighted by Gasteiger charge is -2.25. The van der Waals surface area contributed by atoms with Crippen molar-refractivity contribution in [2.24, 2.45) is 13.0 Å². The molecule has 12 nitrogen and oxygen atoms in total. The summed E-state index contributed by atoms with van der Waals surface area (Å²) in [5, 5.41) is 22.6. The number of aromatic nitrogens is 6. The molecule has 7 rings (SSSR count). The summed E-state index contributed by atoms with van der Waals surface area (Å²) >= 11 is 7.73. The zero-order chi connectivity index (χ0) is 42.5. The van der Waals surface area contributed by atoms with Crippen LogP contribution in [0.1, 0.15) is 53.3 Å². The zero-order valence-corrected chi connectivity index (χ0v) is 33.3. The SMILES string of the molecule is CNc1c(-n2c(C(Cc3cc(F)cc(F)c3)NC(=O)Cn3nc(C(F)F)c4c3C(F)(F)C(C)C4)nc3cc(-c4ccnn4C)ccc3c2=O)ccc(Cl)c1C(=N)NSC. The molecular weight excluding hydrogens is 822 g/mol. The van der Waals surface area contributed by atoms with E-state index in [1.807, 2.05) is 0 Å². The van der Waals surface area contributed by atoms with Gasteiger partial charge in [0.25, 0.3) is 17.9 Å². The second kappa shape index (κ2) is 16.1. The fourth-order valence-electron chi connectivity index (χ4n) is 7.49. The number of anilines is 1. The molecule has 0 radical (unpaired) electrons. The molecule has 1 amide bonds. The molecule has 0 bridgehead atoms. The van der Waals surface area contributed by atoms with Crippen LogP contribution in [0.2, 0.25) is 5.02 Å². The number of amides is 1. The van der Waals surface area contributed by atoms with Crippen molar-refractivity contribution in [3.05, 3.63) is 122 Å². The van der Waals surface area contributed by atoms with Gasteiger partial charge in [-0.25, -0.2) is 22.5 Å². The van der Waals surface area contributed by atoms with E-state index < -0.39 is 71.8 Å². The molecule has 3 aromatic carbocycles. The van der Waals surface area contributed by atoms with Crippen LogP contribution < -0.4 is 20.9 Å². The summed E-state index contributed by atoms with van der Waals surface area (Å²) in [7, 11) is 3.25. The van der Waals surface area contributed by atoms with Crippen LogP contribution in [-0.4, -0.2) is 54.2 Å². The van der Waals surface area contributed by atoms with E-state index in [9.17, 15) is 27.2 Å². The van der Waals surface area contributed by atoms with Gasteiger partial charge in [0, 0.05) is 56.1 Å². The van der Waals surface area contributed by atoms with Crippen LogP contribution in [0.5, 0.6) is 0 Å². The van der Waals surface area contributed by atoms with Crippen LogP contribution in [0.4, 0.5) is 32.0 Å². The van der Waals surface area contributed by atoms with Gasteiger partial charge in [0.2, 0.25) is 5.91 Å². The molecule has 3 aromatic heterocycles. The Kier molecular flexibility index (Phi) is 11.3. The third-order valence-electron chi connectivity index (χ3n) is 10.1. The van der Waals surface area contributed by atoms with Crippen molar-refractivity contribution in [3.63, 3.8) is 0 Å². The Balaban J connectivity index is 1.46. The van der Waals surface area contributed by atoms with E-state index in [0.29, 0.717) is 22.0 Å². The van der Waals surface area contributed by atoms with E-state index in [4.69, 9.17) is 22.0 Å². The lowest BCUT2D eigenvalue weighted by molar-refractivity contribution is -0.123. The highest BCUT2D eigenvalue weighted by Crippen LogP contribution is 2.48. The summed E-state index contributed by atoms with van der Waals surface area (Å²) in [6.45, 7) is 0.247. The Bertz CT molecular complexity index is 2680. The Morgan fingerprint density at radius 3 is 2.47 bits per heavy atom. The molecule has 0 saturated heterocycles. The molecule has 2 unspecified atom stereocenters. The van der Waals surface area contributed by atoms with Crippen molar-refractivity contribution in [1.82, 2.24) is 39.2 Å². The number of amidine groups is 1. The zero-order valence-electron chi connectivity index (χ0n) is 31.7. The molecule has 0 fully saturated rings. The fourth-order valence-corrected chi connectivity index (χ4v) is 8.04. The highest BCUT2D eigenvalue weighted by Gasteiger charge is 2.51. The van der Waals surface area contributed by atoms with Crippen molar-refractivity contribution in [2.75, 3.05) is 18.6 Å². The first-order valence-electron chi connectivity index (χ1n) is 18.0. The average molecular weight is 857 g/mol. The number of hydrogen-bond donors (Lipinski definition) is 4. The van der Waals surface area contributed by atoms with Crippen molar-refractivity contribution in [3.8, 4) is 16.9 Å². The number of benzene rings is 3. The second-order valence-corrected chi connectivity index (χ2v) is 15.0. The molecule has 0 spiro atoms. The highest BCUT2D eigenvalue weighted by molar-refractivity contribution is 7.97. The van der Waals surface area contributed by atoms with Gasteiger partial charge in [0.1, 0.15) is 41.2 Å². The number of fused-ring (bicyclic) bond motifs is 2. The molecule has 1 aliphatic carbocycles. The summed E-state index contributed by atoms with van der Waals surface area (Å²) in [5.41, 5.74) is -0.800.